The van der Waals surface area contributed by atoms with Crippen molar-refractivity contribution in [2.75, 3.05) is 13.1 Å². The summed E-state index contributed by atoms with van der Waals surface area (Å²) >= 11 is 23.6. The first-order valence-corrected chi connectivity index (χ1v) is 8.36. The van der Waals surface area contributed by atoms with Crippen molar-refractivity contribution >= 4 is 58.2 Å². The van der Waals surface area contributed by atoms with Crippen LogP contribution in [0.5, 0.6) is 0 Å². The summed E-state index contributed by atoms with van der Waals surface area (Å²) in [5, 5.41) is 6.70. The number of hydrogen-bond acceptors (Lipinski definition) is 2. The molecule has 2 rings (SSSR count). The molecule has 0 saturated carbocycles. The fourth-order valence-electron chi connectivity index (χ4n) is 1.89. The summed E-state index contributed by atoms with van der Waals surface area (Å²) < 4.78 is 0. The van der Waals surface area contributed by atoms with Crippen LogP contribution in [0.15, 0.2) is 36.4 Å². The Balaban J connectivity index is 1.86. The van der Waals surface area contributed by atoms with Crippen molar-refractivity contribution in [3.05, 3.63) is 67.6 Å². The molecule has 0 unspecified atom stereocenters. The molecule has 0 aliphatic rings. The lowest BCUT2D eigenvalue weighted by Gasteiger charge is -2.09. The minimum Gasteiger partial charge on any atom is -0.350 e. The minimum atomic E-state index is -0.377. The van der Waals surface area contributed by atoms with Gasteiger partial charge in [0.1, 0.15) is 0 Å². The summed E-state index contributed by atoms with van der Waals surface area (Å²) in [6, 6.07) is 9.22. The monoisotopic (exact) mass is 404 g/mol. The number of hydrogen-bond donors (Lipinski definition) is 2. The summed E-state index contributed by atoms with van der Waals surface area (Å²) in [5.74, 6) is -0.755. The largest absolute Gasteiger partial charge is 0.350 e. The molecular formula is C16H12Cl4N2O2. The van der Waals surface area contributed by atoms with Crippen LogP contribution < -0.4 is 10.6 Å². The first-order valence-electron chi connectivity index (χ1n) is 6.85. The van der Waals surface area contributed by atoms with Gasteiger partial charge in [0.15, 0.2) is 0 Å². The summed E-state index contributed by atoms with van der Waals surface area (Å²) in [6.07, 6.45) is 0. The highest BCUT2D eigenvalue weighted by Crippen LogP contribution is 2.21. The van der Waals surface area contributed by atoms with Crippen molar-refractivity contribution in [1.82, 2.24) is 10.6 Å². The van der Waals surface area contributed by atoms with Crippen LogP contribution in [0.3, 0.4) is 0 Å². The molecule has 0 heterocycles. The van der Waals surface area contributed by atoms with Crippen LogP contribution in [0.4, 0.5) is 0 Å². The average molecular weight is 406 g/mol. The van der Waals surface area contributed by atoms with E-state index in [9.17, 15) is 9.59 Å². The Morgan fingerprint density at radius 2 is 1.08 bits per heavy atom. The van der Waals surface area contributed by atoms with Gasteiger partial charge in [-0.25, -0.2) is 0 Å². The molecule has 2 amide bonds. The van der Waals surface area contributed by atoms with Crippen LogP contribution >= 0.6 is 46.4 Å². The Labute approximate surface area is 159 Å². The van der Waals surface area contributed by atoms with Gasteiger partial charge in [0, 0.05) is 23.1 Å². The van der Waals surface area contributed by atoms with Gasteiger partial charge in [-0.2, -0.15) is 0 Å². The molecule has 0 atom stereocenters. The van der Waals surface area contributed by atoms with Crippen molar-refractivity contribution < 1.29 is 9.59 Å². The van der Waals surface area contributed by atoms with Crippen LogP contribution in [0.2, 0.25) is 20.1 Å². The highest BCUT2D eigenvalue weighted by Gasteiger charge is 2.12. The quantitative estimate of drug-likeness (QED) is 0.721. The zero-order valence-corrected chi connectivity index (χ0v) is 15.2. The van der Waals surface area contributed by atoms with E-state index in [0.29, 0.717) is 20.1 Å². The van der Waals surface area contributed by atoms with Crippen LogP contribution in [-0.4, -0.2) is 24.9 Å². The molecule has 4 nitrogen and oxygen atoms in total. The van der Waals surface area contributed by atoms with E-state index in [-0.39, 0.29) is 36.0 Å². The standard InChI is InChI=1S/C16H12Cl4N2O2/c17-9-1-3-13(19)11(7-9)15(23)21-5-6-22-16(24)12-8-10(18)2-4-14(12)20/h1-4,7-8H,5-6H2,(H,21,23)(H,22,24). The van der Waals surface area contributed by atoms with E-state index in [1.54, 1.807) is 24.3 Å². The number of halogens is 4. The fourth-order valence-corrected chi connectivity index (χ4v) is 2.64. The molecule has 24 heavy (non-hydrogen) atoms. The molecule has 0 fully saturated rings. The lowest BCUT2D eigenvalue weighted by Crippen LogP contribution is -2.34. The first-order chi connectivity index (χ1) is 11.4. The van der Waals surface area contributed by atoms with Gasteiger partial charge >= 0.3 is 0 Å². The molecule has 0 saturated heterocycles. The molecule has 0 aliphatic heterocycles. The third-order valence-electron chi connectivity index (χ3n) is 3.04. The highest BCUT2D eigenvalue weighted by atomic mass is 35.5. The van der Waals surface area contributed by atoms with Gasteiger partial charge in [-0.05, 0) is 36.4 Å². The van der Waals surface area contributed by atoms with Crippen LogP contribution in [0.1, 0.15) is 20.7 Å². The van der Waals surface area contributed by atoms with Crippen molar-refractivity contribution in [3.63, 3.8) is 0 Å². The van der Waals surface area contributed by atoms with Crippen LogP contribution in [0, 0.1) is 0 Å². The smallest absolute Gasteiger partial charge is 0.252 e. The van der Waals surface area contributed by atoms with Gasteiger partial charge in [0.25, 0.3) is 11.8 Å². The summed E-state index contributed by atoms with van der Waals surface area (Å²) in [6.45, 7) is 0.428. The van der Waals surface area contributed by atoms with Crippen molar-refractivity contribution in [1.29, 1.82) is 0 Å². The maximum atomic E-state index is 12.0. The van der Waals surface area contributed by atoms with Gasteiger partial charge in [-0.15, -0.1) is 0 Å². The second-order valence-electron chi connectivity index (χ2n) is 4.76. The van der Waals surface area contributed by atoms with E-state index in [4.69, 9.17) is 46.4 Å². The minimum absolute atomic E-state index is 0.214. The Kier molecular flexibility index (Phi) is 6.75. The number of benzene rings is 2. The maximum Gasteiger partial charge on any atom is 0.252 e. The Morgan fingerprint density at radius 1 is 0.708 bits per heavy atom. The number of carbonyl (C=O) groups is 2. The highest BCUT2D eigenvalue weighted by molar-refractivity contribution is 6.36. The topological polar surface area (TPSA) is 58.2 Å². The van der Waals surface area contributed by atoms with Crippen LogP contribution in [0.25, 0.3) is 0 Å². The molecule has 2 aromatic carbocycles. The predicted octanol–water partition coefficient (Wildman–Crippen LogP) is 4.46. The van der Waals surface area contributed by atoms with Crippen molar-refractivity contribution in [2.24, 2.45) is 0 Å². The van der Waals surface area contributed by atoms with Gasteiger partial charge in [0.2, 0.25) is 0 Å². The SMILES string of the molecule is O=C(NCCNC(=O)c1cc(Cl)ccc1Cl)c1cc(Cl)ccc1Cl. The molecular weight excluding hydrogens is 394 g/mol. The van der Waals surface area contributed by atoms with Gasteiger partial charge < -0.3 is 10.6 Å². The van der Waals surface area contributed by atoms with E-state index in [1.807, 2.05) is 0 Å². The number of rotatable bonds is 5. The second-order valence-corrected chi connectivity index (χ2v) is 6.45. The molecule has 8 heteroatoms. The lowest BCUT2D eigenvalue weighted by atomic mass is 10.2. The zero-order valence-electron chi connectivity index (χ0n) is 12.2. The summed E-state index contributed by atoms with van der Waals surface area (Å²) in [5.41, 5.74) is 0.543. The summed E-state index contributed by atoms with van der Waals surface area (Å²) in [4.78, 5) is 24.1. The molecule has 0 aromatic heterocycles. The summed E-state index contributed by atoms with van der Waals surface area (Å²) in [7, 11) is 0. The number of nitrogens with one attached hydrogen (secondary N) is 2. The first kappa shape index (κ1) is 18.9. The third kappa shape index (κ3) is 5.02. The Morgan fingerprint density at radius 3 is 1.46 bits per heavy atom. The zero-order chi connectivity index (χ0) is 17.7. The maximum absolute atomic E-state index is 12.0. The lowest BCUT2D eigenvalue weighted by molar-refractivity contribution is 0.0928. The molecule has 126 valence electrons. The Hall–Kier alpha value is -1.46. The van der Waals surface area contributed by atoms with Crippen molar-refractivity contribution in [3.8, 4) is 0 Å². The van der Waals surface area contributed by atoms with Gasteiger partial charge in [0.05, 0.1) is 21.2 Å². The molecule has 0 radical (unpaired) electrons. The molecule has 0 spiro atoms. The van der Waals surface area contributed by atoms with E-state index < -0.39 is 0 Å². The van der Waals surface area contributed by atoms with E-state index in [1.165, 1.54) is 12.1 Å². The number of amides is 2. The predicted molar refractivity (Wildman–Crippen MR) is 97.6 cm³/mol. The normalized spacial score (nSPS) is 10.3. The Bertz CT molecular complexity index is 715. The molecule has 0 bridgehead atoms. The van der Waals surface area contributed by atoms with E-state index >= 15 is 0 Å². The molecule has 0 aliphatic carbocycles. The van der Waals surface area contributed by atoms with Crippen molar-refractivity contribution in [2.45, 2.75) is 0 Å². The molecule has 2 aromatic rings. The second kappa shape index (κ2) is 8.58. The van der Waals surface area contributed by atoms with Gasteiger partial charge in [-0.1, -0.05) is 46.4 Å². The van der Waals surface area contributed by atoms with E-state index in [0.717, 1.165) is 0 Å². The van der Waals surface area contributed by atoms with E-state index in [2.05, 4.69) is 10.6 Å². The van der Waals surface area contributed by atoms with Gasteiger partial charge in [-0.3, -0.25) is 9.59 Å². The number of carbonyl (C=O) groups excluding carboxylic acids is 2. The molecule has 2 N–H and O–H groups in total. The fraction of sp³-hybridized carbons (Fsp3) is 0.125. The third-order valence-corrected chi connectivity index (χ3v) is 4.17. The van der Waals surface area contributed by atoms with Crippen LogP contribution in [-0.2, 0) is 0 Å². The average Bonchev–Trinajstić information content (AvgIpc) is 2.55.